The molecule has 3 aliphatic rings. The van der Waals surface area contributed by atoms with Gasteiger partial charge in [0.15, 0.2) is 5.82 Å². The molecule has 2 bridgehead atoms. The molecule has 3 fully saturated rings. The van der Waals surface area contributed by atoms with E-state index in [0.717, 1.165) is 42.1 Å². The Kier molecular flexibility index (Phi) is 9.80. The number of likely N-dealkylation sites (tertiary alicyclic amines) is 1. The van der Waals surface area contributed by atoms with Crippen molar-refractivity contribution in [1.29, 1.82) is 5.26 Å². The second-order valence-corrected chi connectivity index (χ2v) is 12.8. The normalized spacial score (nSPS) is 22.5. The Labute approximate surface area is 268 Å². The Bertz CT molecular complexity index is 1690. The highest BCUT2D eigenvalue weighted by atomic mass is 35.5. The number of alkyl halides is 1. The molecule has 3 N–H and O–H groups in total. The van der Waals surface area contributed by atoms with Gasteiger partial charge in [0.2, 0.25) is 0 Å². The third-order valence-electron chi connectivity index (χ3n) is 8.91. The van der Waals surface area contributed by atoms with Crippen LogP contribution in [0.15, 0.2) is 24.3 Å². The number of ether oxygens (including phenoxy) is 1. The molecule has 2 aromatic heterocycles. The van der Waals surface area contributed by atoms with Crippen molar-refractivity contribution >= 4 is 55.4 Å². The van der Waals surface area contributed by atoms with Crippen LogP contribution in [0.1, 0.15) is 44.1 Å². The predicted molar refractivity (Wildman–Crippen MR) is 181 cm³/mol. The van der Waals surface area contributed by atoms with Crippen LogP contribution in [0.2, 0.25) is 0 Å². The molecule has 11 heteroatoms. The molecule has 234 valence electrons. The fourth-order valence-electron chi connectivity index (χ4n) is 6.82. The molecule has 3 aliphatic heterocycles. The zero-order chi connectivity index (χ0) is 31.7. The summed E-state index contributed by atoms with van der Waals surface area (Å²) in [6.45, 7) is 11.3. The Balaban J connectivity index is 0.000000924. The topological polar surface area (TPSA) is 103 Å². The number of aromatic nitrogens is 2. The van der Waals surface area contributed by atoms with Crippen LogP contribution in [0.5, 0.6) is 6.01 Å². The van der Waals surface area contributed by atoms with Crippen molar-refractivity contribution in [2.24, 2.45) is 5.92 Å². The number of piperazine rings is 1. The summed E-state index contributed by atoms with van der Waals surface area (Å²) in [6.07, 6.45) is 3.74. The lowest BCUT2D eigenvalue weighted by molar-refractivity contribution is 0.0159. The number of fused-ring (bicyclic) bond motifs is 4. The zero-order valence-electron chi connectivity index (χ0n) is 26.2. The number of halogens is 2. The van der Waals surface area contributed by atoms with E-state index in [2.05, 4.69) is 51.7 Å². The lowest BCUT2D eigenvalue weighted by atomic mass is 9.92. The summed E-state index contributed by atoms with van der Waals surface area (Å²) in [5.74, 6) is 0.800. The highest BCUT2D eigenvalue weighted by Gasteiger charge is 2.35. The van der Waals surface area contributed by atoms with Crippen LogP contribution >= 0.6 is 22.9 Å². The lowest BCUT2D eigenvalue weighted by Crippen LogP contribution is -2.55. The van der Waals surface area contributed by atoms with E-state index in [4.69, 9.17) is 15.5 Å². The first-order valence-corrected chi connectivity index (χ1v) is 16.8. The fourth-order valence-corrected chi connectivity index (χ4v) is 7.91. The predicted octanol–water partition coefficient (Wildman–Crippen LogP) is 6.56. The maximum Gasteiger partial charge on any atom is 0.319 e. The van der Waals surface area contributed by atoms with Crippen LogP contribution in [0.4, 0.5) is 15.9 Å². The van der Waals surface area contributed by atoms with Crippen molar-refractivity contribution in [3.8, 4) is 23.2 Å². The third kappa shape index (κ3) is 5.67. The highest BCUT2D eigenvalue weighted by molar-refractivity contribution is 7.19. The SMILES string of the molecule is CC.CCl.Cc1sc2ccc(N)c(C#N)c2c1-c1ccc2c(N3CC4CCC(C3)N4)nc(OC[C@@H]3[C@H](C)CN3C)nc2c1F. The molecule has 4 atom stereocenters. The van der Waals surface area contributed by atoms with E-state index in [1.165, 1.54) is 17.7 Å². The fraction of sp³-hybridized carbons (Fsp3) is 0.485. The molecule has 0 amide bonds. The Morgan fingerprint density at radius 3 is 2.48 bits per heavy atom. The van der Waals surface area contributed by atoms with Gasteiger partial charge >= 0.3 is 6.01 Å². The minimum atomic E-state index is -0.438. The van der Waals surface area contributed by atoms with Gasteiger partial charge in [0.1, 0.15) is 24.0 Å². The van der Waals surface area contributed by atoms with Gasteiger partial charge in [-0.25, -0.2) is 4.39 Å². The maximum absolute atomic E-state index is 16.7. The molecule has 2 unspecified atom stereocenters. The van der Waals surface area contributed by atoms with Gasteiger partial charge in [-0.1, -0.05) is 26.8 Å². The van der Waals surface area contributed by atoms with Gasteiger partial charge in [-0.05, 0) is 50.9 Å². The van der Waals surface area contributed by atoms with Gasteiger partial charge in [-0.3, -0.25) is 4.90 Å². The monoisotopic (exact) mass is 637 g/mol. The number of anilines is 2. The zero-order valence-corrected chi connectivity index (χ0v) is 27.8. The Morgan fingerprint density at radius 2 is 1.84 bits per heavy atom. The maximum atomic E-state index is 16.7. The van der Waals surface area contributed by atoms with Gasteiger partial charge in [0.25, 0.3) is 0 Å². The number of nitrogens with zero attached hydrogens (tertiary/aromatic N) is 5. The largest absolute Gasteiger partial charge is 0.462 e. The first-order valence-electron chi connectivity index (χ1n) is 15.3. The number of nitrogens with two attached hydrogens (primary N) is 1. The lowest BCUT2D eigenvalue weighted by Gasteiger charge is -2.43. The van der Waals surface area contributed by atoms with Crippen molar-refractivity contribution in [3.05, 3.63) is 40.5 Å². The molecule has 3 saturated heterocycles. The number of likely N-dealkylation sites (N-methyl/N-ethyl adjacent to an activating group) is 1. The quantitative estimate of drug-likeness (QED) is 0.187. The van der Waals surface area contributed by atoms with E-state index in [1.54, 1.807) is 12.1 Å². The van der Waals surface area contributed by atoms with Crippen molar-refractivity contribution in [2.45, 2.75) is 58.7 Å². The van der Waals surface area contributed by atoms with Crippen LogP contribution in [0.25, 0.3) is 32.1 Å². The van der Waals surface area contributed by atoms with E-state index in [0.29, 0.717) is 63.6 Å². The van der Waals surface area contributed by atoms with Crippen molar-refractivity contribution in [2.75, 3.05) is 50.3 Å². The van der Waals surface area contributed by atoms with Crippen molar-refractivity contribution in [1.82, 2.24) is 20.2 Å². The second-order valence-electron chi connectivity index (χ2n) is 11.5. The molecule has 8 nitrogen and oxygen atoms in total. The van der Waals surface area contributed by atoms with Gasteiger partial charge in [-0.2, -0.15) is 15.2 Å². The molecule has 0 saturated carbocycles. The van der Waals surface area contributed by atoms with Gasteiger partial charge in [0, 0.05) is 75.6 Å². The smallest absolute Gasteiger partial charge is 0.319 e. The summed E-state index contributed by atoms with van der Waals surface area (Å²) in [4.78, 5) is 14.9. The average molecular weight is 638 g/mol. The summed E-state index contributed by atoms with van der Waals surface area (Å²) >= 11 is 6.17. The van der Waals surface area contributed by atoms with Gasteiger partial charge < -0.3 is 20.7 Å². The van der Waals surface area contributed by atoms with Gasteiger partial charge in [0.05, 0.1) is 11.3 Å². The molecule has 0 aliphatic carbocycles. The number of nitrogen functional groups attached to an aromatic ring is 1. The molecule has 2 aromatic carbocycles. The number of hydrogen-bond acceptors (Lipinski definition) is 9. The van der Waals surface area contributed by atoms with Crippen LogP contribution in [-0.2, 0) is 0 Å². The third-order valence-corrected chi connectivity index (χ3v) is 9.98. The molecular weight excluding hydrogens is 597 g/mol. The Morgan fingerprint density at radius 1 is 1.14 bits per heavy atom. The van der Waals surface area contributed by atoms with Crippen LogP contribution < -0.4 is 20.7 Å². The Hall–Kier alpha value is -3.23. The second kappa shape index (κ2) is 13.4. The van der Waals surface area contributed by atoms with E-state index in [9.17, 15) is 5.26 Å². The number of nitriles is 1. The molecule has 44 heavy (non-hydrogen) atoms. The minimum Gasteiger partial charge on any atom is -0.462 e. The molecule has 4 aromatic rings. The number of thiophene rings is 1. The number of nitrogens with one attached hydrogen (secondary N) is 1. The van der Waals surface area contributed by atoms with Gasteiger partial charge in [-0.15, -0.1) is 22.9 Å². The van der Waals surface area contributed by atoms with Crippen LogP contribution in [0.3, 0.4) is 0 Å². The van der Waals surface area contributed by atoms with Crippen LogP contribution in [-0.4, -0.2) is 72.7 Å². The summed E-state index contributed by atoms with van der Waals surface area (Å²) in [5, 5.41) is 14.9. The molecule has 0 radical (unpaired) electrons. The number of rotatable bonds is 5. The number of benzene rings is 2. The minimum absolute atomic E-state index is 0.200. The van der Waals surface area contributed by atoms with Crippen molar-refractivity contribution in [3.63, 3.8) is 0 Å². The summed E-state index contributed by atoms with van der Waals surface area (Å²) < 4.78 is 23.7. The van der Waals surface area contributed by atoms with E-state index < -0.39 is 5.82 Å². The summed E-state index contributed by atoms with van der Waals surface area (Å²) in [7, 11) is 2.08. The molecular formula is C33H41ClFN7OS. The molecule has 0 spiro atoms. The average Bonchev–Trinajstić information content (AvgIpc) is 3.55. The first kappa shape index (κ1) is 32.2. The first-order chi connectivity index (χ1) is 21.3. The van der Waals surface area contributed by atoms with Crippen LogP contribution in [0, 0.1) is 30.0 Å². The number of aryl methyl sites for hydroxylation is 1. The summed E-state index contributed by atoms with van der Waals surface area (Å²) in [6, 6.07) is 10.9. The van der Waals surface area contributed by atoms with Crippen molar-refractivity contribution < 1.29 is 9.13 Å². The molecule has 7 rings (SSSR count). The van der Waals surface area contributed by atoms with E-state index in [1.807, 2.05) is 32.9 Å². The van der Waals surface area contributed by atoms with E-state index >= 15 is 4.39 Å². The highest BCUT2D eigenvalue weighted by Crippen LogP contribution is 2.44. The number of hydrogen-bond donors (Lipinski definition) is 2. The van der Waals surface area contributed by atoms with E-state index in [-0.39, 0.29) is 17.6 Å². The standard InChI is InChI=1S/C30H32FN7OS.C2H6.CH3Cl/c1-15-11-37(3)23(15)14-39-30-35-28-20(29(36-30)38-12-17-4-5-18(13-38)34-17)7-6-19(27(28)31)25-16(2)40-24-9-8-22(33)21(10-32)26(24)25;2*1-2/h6-9,15,17-18,23,34H,4-5,11-14,33H2,1-3H3;1-2H3;1H3/t15-,17?,18?,23-;;/m1../s1. The summed E-state index contributed by atoms with van der Waals surface area (Å²) in [5.41, 5.74) is 8.26. The molecule has 5 heterocycles.